The Bertz CT molecular complexity index is 891. The summed E-state index contributed by atoms with van der Waals surface area (Å²) in [5, 5.41) is 4.93. The predicted octanol–water partition coefficient (Wildman–Crippen LogP) is 2.63. The second-order valence-electron chi connectivity index (χ2n) is 7.49. The first-order chi connectivity index (χ1) is 13.5. The Morgan fingerprint density at radius 3 is 2.79 bits per heavy atom. The molecule has 1 saturated heterocycles. The molecule has 0 radical (unpaired) electrons. The number of benzene rings is 1. The highest BCUT2D eigenvalue weighted by molar-refractivity contribution is 5.74. The number of aromatic nitrogens is 2. The van der Waals surface area contributed by atoms with Gasteiger partial charge in [-0.2, -0.15) is 5.10 Å². The van der Waals surface area contributed by atoms with Crippen molar-refractivity contribution in [1.29, 1.82) is 0 Å². The Kier molecular flexibility index (Phi) is 4.97. The third-order valence-corrected chi connectivity index (χ3v) is 5.74. The number of amides is 1. The van der Waals surface area contributed by atoms with Crippen LogP contribution < -0.4 is 10.6 Å². The second kappa shape index (κ2) is 7.43. The van der Waals surface area contributed by atoms with Crippen molar-refractivity contribution in [2.75, 3.05) is 37.4 Å². The smallest absolute Gasteiger partial charge is 0.219 e. The number of fused-ring (bicyclic) bond motifs is 1. The van der Waals surface area contributed by atoms with Gasteiger partial charge in [0.2, 0.25) is 5.91 Å². The van der Waals surface area contributed by atoms with E-state index < -0.39 is 5.82 Å². The normalized spacial score (nSPS) is 17.5. The average molecular weight is 387 g/mol. The summed E-state index contributed by atoms with van der Waals surface area (Å²) in [6.45, 7) is 4.26. The summed E-state index contributed by atoms with van der Waals surface area (Å²) in [5.41, 5.74) is 8.62. The fourth-order valence-electron chi connectivity index (χ4n) is 4.05. The molecule has 0 aliphatic carbocycles. The minimum absolute atomic E-state index is 0.0524. The molecule has 2 aliphatic rings. The fourth-order valence-corrected chi connectivity index (χ4v) is 4.05. The summed E-state index contributed by atoms with van der Waals surface area (Å²) in [7, 11) is 1.87. The number of hydrogen-bond donors (Lipinski definition) is 1. The van der Waals surface area contributed by atoms with E-state index in [2.05, 4.69) is 4.68 Å². The summed E-state index contributed by atoms with van der Waals surface area (Å²) < 4.78 is 21.6. The van der Waals surface area contributed by atoms with E-state index >= 15 is 0 Å². The first-order valence-electron chi connectivity index (χ1n) is 9.68. The zero-order chi connectivity index (χ0) is 19.8. The maximum atomic E-state index is 14.0. The summed E-state index contributed by atoms with van der Waals surface area (Å²) in [5.74, 6) is 0.362. The van der Waals surface area contributed by atoms with E-state index in [0.717, 1.165) is 43.9 Å². The van der Waals surface area contributed by atoms with E-state index in [0.29, 0.717) is 18.8 Å². The van der Waals surface area contributed by atoms with Crippen molar-refractivity contribution in [3.63, 3.8) is 0 Å². The van der Waals surface area contributed by atoms with Gasteiger partial charge in [0.05, 0.1) is 18.3 Å². The minimum atomic E-state index is -0.451. The lowest BCUT2D eigenvalue weighted by atomic mass is 10.0. The highest BCUT2D eigenvalue weighted by Crippen LogP contribution is 2.36. The Hall–Kier alpha value is -2.61. The van der Waals surface area contributed by atoms with Crippen molar-refractivity contribution in [1.82, 2.24) is 14.7 Å². The first-order valence-corrected chi connectivity index (χ1v) is 9.68. The van der Waals surface area contributed by atoms with Gasteiger partial charge in [0.1, 0.15) is 5.82 Å². The molecule has 7 nitrogen and oxygen atoms in total. The molecule has 1 aromatic carbocycles. The number of nitrogens with two attached hydrogens (primary N) is 1. The highest BCUT2D eigenvalue weighted by Gasteiger charge is 2.31. The molecule has 3 heterocycles. The predicted molar refractivity (Wildman–Crippen MR) is 105 cm³/mol. The lowest BCUT2D eigenvalue weighted by Crippen LogP contribution is -2.35. The summed E-state index contributed by atoms with van der Waals surface area (Å²) >= 11 is 0. The monoisotopic (exact) mass is 387 g/mol. The van der Waals surface area contributed by atoms with Crippen LogP contribution in [0.4, 0.5) is 21.6 Å². The molecule has 2 N–H and O–H groups in total. The van der Waals surface area contributed by atoms with Crippen LogP contribution in [0.2, 0.25) is 0 Å². The molecule has 4 rings (SSSR count). The fraction of sp³-hybridized carbons (Fsp3) is 0.500. The SMILES string of the molecule is CC(=O)N1CCc2c(c(N(C)c3ccc(N)c(F)c3)nn2C2CCOCC2)C1. The van der Waals surface area contributed by atoms with Crippen LogP contribution in [-0.4, -0.2) is 47.4 Å². The van der Waals surface area contributed by atoms with Crippen molar-refractivity contribution in [3.8, 4) is 0 Å². The second-order valence-corrected chi connectivity index (χ2v) is 7.49. The quantitative estimate of drug-likeness (QED) is 0.820. The summed E-state index contributed by atoms with van der Waals surface area (Å²) in [4.78, 5) is 15.7. The van der Waals surface area contributed by atoms with Gasteiger partial charge in [-0.15, -0.1) is 0 Å². The molecule has 1 fully saturated rings. The molecule has 0 unspecified atom stereocenters. The average Bonchev–Trinajstić information content (AvgIpc) is 3.09. The van der Waals surface area contributed by atoms with Gasteiger partial charge in [-0.05, 0) is 31.0 Å². The molecule has 150 valence electrons. The van der Waals surface area contributed by atoms with Crippen LogP contribution in [0.3, 0.4) is 0 Å². The number of halogens is 1. The van der Waals surface area contributed by atoms with Gasteiger partial charge in [-0.1, -0.05) is 0 Å². The van der Waals surface area contributed by atoms with Crippen molar-refractivity contribution in [2.24, 2.45) is 0 Å². The van der Waals surface area contributed by atoms with Gasteiger partial charge in [-0.25, -0.2) is 4.39 Å². The molecule has 1 aromatic heterocycles. The molecule has 8 heteroatoms. The number of carbonyl (C=O) groups is 1. The maximum absolute atomic E-state index is 14.0. The van der Waals surface area contributed by atoms with E-state index in [1.165, 1.54) is 11.8 Å². The maximum Gasteiger partial charge on any atom is 0.219 e. The largest absolute Gasteiger partial charge is 0.396 e. The van der Waals surface area contributed by atoms with Gasteiger partial charge in [0.25, 0.3) is 0 Å². The molecule has 0 atom stereocenters. The molecular weight excluding hydrogens is 361 g/mol. The van der Waals surface area contributed by atoms with Crippen LogP contribution in [0.1, 0.15) is 37.1 Å². The Balaban J connectivity index is 1.75. The van der Waals surface area contributed by atoms with Gasteiger partial charge < -0.3 is 20.3 Å². The van der Waals surface area contributed by atoms with E-state index in [1.54, 1.807) is 19.1 Å². The number of hydrogen-bond acceptors (Lipinski definition) is 5. The molecule has 2 aromatic rings. The van der Waals surface area contributed by atoms with Gasteiger partial charge in [0.15, 0.2) is 5.82 Å². The van der Waals surface area contributed by atoms with Gasteiger partial charge in [-0.3, -0.25) is 9.48 Å². The topological polar surface area (TPSA) is 76.6 Å². The van der Waals surface area contributed by atoms with Crippen LogP contribution in [0.15, 0.2) is 18.2 Å². The van der Waals surface area contributed by atoms with E-state index in [-0.39, 0.29) is 17.6 Å². The zero-order valence-corrected chi connectivity index (χ0v) is 16.3. The molecule has 28 heavy (non-hydrogen) atoms. The molecular formula is C20H26FN5O2. The van der Waals surface area contributed by atoms with E-state index in [1.807, 2.05) is 16.8 Å². The number of carbonyl (C=O) groups excluding carboxylic acids is 1. The summed E-state index contributed by atoms with van der Waals surface area (Å²) in [6, 6.07) is 5.05. The van der Waals surface area contributed by atoms with Crippen LogP contribution >= 0.6 is 0 Å². The van der Waals surface area contributed by atoms with Crippen molar-refractivity contribution >= 4 is 23.1 Å². The van der Waals surface area contributed by atoms with Gasteiger partial charge >= 0.3 is 0 Å². The van der Waals surface area contributed by atoms with Crippen LogP contribution in [-0.2, 0) is 22.5 Å². The van der Waals surface area contributed by atoms with Crippen LogP contribution in [0.5, 0.6) is 0 Å². The molecule has 0 bridgehead atoms. The first kappa shape index (κ1) is 18.7. The Labute approximate surface area is 163 Å². The lowest BCUT2D eigenvalue weighted by Gasteiger charge is -2.29. The zero-order valence-electron chi connectivity index (χ0n) is 16.3. The van der Waals surface area contributed by atoms with E-state index in [4.69, 9.17) is 15.6 Å². The number of anilines is 3. The standard InChI is InChI=1S/C20H26FN5O2/c1-13(27)25-8-5-19-16(12-25)20(23-26(19)14-6-9-28-10-7-14)24(2)15-3-4-18(22)17(21)11-15/h3-4,11,14H,5-10,12,22H2,1-2H3. The summed E-state index contributed by atoms with van der Waals surface area (Å²) in [6.07, 6.45) is 2.61. The Morgan fingerprint density at radius 1 is 1.36 bits per heavy atom. The Morgan fingerprint density at radius 2 is 2.11 bits per heavy atom. The van der Waals surface area contributed by atoms with Crippen molar-refractivity contribution in [2.45, 2.75) is 38.8 Å². The van der Waals surface area contributed by atoms with Gasteiger partial charge in [0, 0.05) is 57.1 Å². The third-order valence-electron chi connectivity index (χ3n) is 5.74. The third kappa shape index (κ3) is 3.32. The minimum Gasteiger partial charge on any atom is -0.396 e. The van der Waals surface area contributed by atoms with Crippen molar-refractivity contribution in [3.05, 3.63) is 35.3 Å². The molecule has 0 saturated carbocycles. The van der Waals surface area contributed by atoms with Crippen molar-refractivity contribution < 1.29 is 13.9 Å². The number of ether oxygens (including phenoxy) is 1. The van der Waals surface area contributed by atoms with Crippen LogP contribution in [0, 0.1) is 5.82 Å². The number of nitrogens with zero attached hydrogens (tertiary/aromatic N) is 4. The van der Waals surface area contributed by atoms with Crippen LogP contribution in [0.25, 0.3) is 0 Å². The number of nitrogen functional groups attached to an aromatic ring is 1. The molecule has 2 aliphatic heterocycles. The highest BCUT2D eigenvalue weighted by atomic mass is 19.1. The molecule has 1 amide bonds. The van der Waals surface area contributed by atoms with E-state index in [9.17, 15) is 9.18 Å². The number of rotatable bonds is 3. The lowest BCUT2D eigenvalue weighted by molar-refractivity contribution is -0.129. The molecule has 0 spiro atoms.